The number of hydrogen-bond acceptors (Lipinski definition) is 3. The Kier molecular flexibility index (Phi) is 5.32. The number of carbonyl (C=O) groups excluding carboxylic acids is 3. The first kappa shape index (κ1) is 16.2. The highest BCUT2D eigenvalue weighted by Crippen LogP contribution is 2.18. The Bertz CT molecular complexity index is 609. The smallest absolute Gasteiger partial charge is 0.313 e. The van der Waals surface area contributed by atoms with E-state index in [-0.39, 0.29) is 16.6 Å². The van der Waals surface area contributed by atoms with Crippen molar-refractivity contribution in [2.75, 3.05) is 11.9 Å². The van der Waals surface area contributed by atoms with E-state index in [4.69, 9.17) is 11.6 Å². The van der Waals surface area contributed by atoms with Crippen molar-refractivity contribution in [3.8, 4) is 0 Å². The third kappa shape index (κ3) is 4.17. The molecular weight excluding hydrogens is 313 g/mol. The summed E-state index contributed by atoms with van der Waals surface area (Å²) in [5, 5.41) is 7.19. The highest BCUT2D eigenvalue weighted by atomic mass is 35.5. The Balaban J connectivity index is 1.95. The molecule has 1 saturated heterocycles. The van der Waals surface area contributed by atoms with Gasteiger partial charge in [0.2, 0.25) is 5.91 Å². The van der Waals surface area contributed by atoms with Crippen LogP contribution < -0.4 is 16.0 Å². The second-order valence-corrected chi connectivity index (χ2v) is 5.30. The third-order valence-corrected chi connectivity index (χ3v) is 3.53. The van der Waals surface area contributed by atoms with Crippen LogP contribution in [-0.4, -0.2) is 30.3 Å². The Morgan fingerprint density at radius 3 is 2.77 bits per heavy atom. The molecule has 3 N–H and O–H groups in total. The average Bonchev–Trinajstić information content (AvgIpc) is 2.68. The van der Waals surface area contributed by atoms with Crippen molar-refractivity contribution in [2.45, 2.75) is 25.3 Å². The fourth-order valence-electron chi connectivity index (χ4n) is 2.06. The molecule has 1 unspecified atom stereocenters. The Morgan fingerprint density at radius 1 is 1.27 bits per heavy atom. The molecule has 1 aromatic rings. The maximum Gasteiger partial charge on any atom is 0.313 e. The normalized spacial score (nSPS) is 18.1. The molecule has 2 rings (SSSR count). The van der Waals surface area contributed by atoms with E-state index in [1.54, 1.807) is 0 Å². The predicted molar refractivity (Wildman–Crippen MR) is 78.8 cm³/mol. The van der Waals surface area contributed by atoms with E-state index in [1.165, 1.54) is 12.1 Å². The maximum absolute atomic E-state index is 13.3. The van der Waals surface area contributed by atoms with Crippen molar-refractivity contribution in [1.29, 1.82) is 0 Å². The molecule has 8 heteroatoms. The van der Waals surface area contributed by atoms with Crippen LogP contribution in [0.4, 0.5) is 10.1 Å². The Morgan fingerprint density at radius 2 is 2.05 bits per heavy atom. The lowest BCUT2D eigenvalue weighted by atomic mass is 10.1. The summed E-state index contributed by atoms with van der Waals surface area (Å²) >= 11 is 5.53. The van der Waals surface area contributed by atoms with Gasteiger partial charge in [-0.25, -0.2) is 4.39 Å². The van der Waals surface area contributed by atoms with Gasteiger partial charge in [-0.1, -0.05) is 11.6 Å². The van der Waals surface area contributed by atoms with Crippen LogP contribution in [0.15, 0.2) is 18.2 Å². The van der Waals surface area contributed by atoms with Crippen molar-refractivity contribution in [1.82, 2.24) is 10.6 Å². The molecular formula is C14H15ClFN3O3. The molecule has 1 aliphatic heterocycles. The van der Waals surface area contributed by atoms with Gasteiger partial charge in [0.25, 0.3) is 0 Å². The van der Waals surface area contributed by atoms with Crippen molar-refractivity contribution >= 4 is 35.0 Å². The van der Waals surface area contributed by atoms with Crippen LogP contribution in [0.25, 0.3) is 0 Å². The summed E-state index contributed by atoms with van der Waals surface area (Å²) in [4.78, 5) is 35.3. The number of benzene rings is 1. The highest BCUT2D eigenvalue weighted by Gasteiger charge is 2.25. The first-order valence-corrected chi connectivity index (χ1v) is 7.20. The van der Waals surface area contributed by atoms with Crippen LogP contribution >= 0.6 is 11.6 Å². The van der Waals surface area contributed by atoms with Crippen LogP contribution in [0.1, 0.15) is 19.3 Å². The lowest BCUT2D eigenvalue weighted by Gasteiger charge is -2.14. The second kappa shape index (κ2) is 7.22. The molecule has 1 heterocycles. The highest BCUT2D eigenvalue weighted by molar-refractivity contribution is 6.40. The van der Waals surface area contributed by atoms with Crippen molar-refractivity contribution in [3.05, 3.63) is 29.0 Å². The predicted octanol–water partition coefficient (Wildman–Crippen LogP) is 1.20. The zero-order valence-electron chi connectivity index (χ0n) is 11.6. The van der Waals surface area contributed by atoms with Crippen molar-refractivity contribution in [3.63, 3.8) is 0 Å². The topological polar surface area (TPSA) is 87.3 Å². The van der Waals surface area contributed by atoms with Gasteiger partial charge in [0.1, 0.15) is 11.9 Å². The maximum atomic E-state index is 13.3. The number of carbonyl (C=O) groups is 3. The Hall–Kier alpha value is -2.15. The number of rotatable bonds is 2. The zero-order chi connectivity index (χ0) is 16.1. The van der Waals surface area contributed by atoms with Gasteiger partial charge in [0, 0.05) is 12.2 Å². The minimum absolute atomic E-state index is 0.0856. The molecule has 1 atom stereocenters. The lowest BCUT2D eigenvalue weighted by Crippen LogP contribution is -2.48. The molecule has 0 aromatic heterocycles. The fourth-order valence-corrected chi connectivity index (χ4v) is 2.18. The molecule has 0 spiro atoms. The third-order valence-electron chi connectivity index (χ3n) is 3.22. The molecule has 0 bridgehead atoms. The number of hydrogen-bond donors (Lipinski definition) is 3. The van der Waals surface area contributed by atoms with E-state index >= 15 is 0 Å². The molecule has 1 fully saturated rings. The summed E-state index contributed by atoms with van der Waals surface area (Å²) in [7, 11) is 0. The van der Waals surface area contributed by atoms with E-state index in [0.29, 0.717) is 13.0 Å². The quantitative estimate of drug-likeness (QED) is 0.713. The van der Waals surface area contributed by atoms with E-state index in [2.05, 4.69) is 16.0 Å². The fraction of sp³-hybridized carbons (Fsp3) is 0.357. The van der Waals surface area contributed by atoms with Crippen LogP contribution in [-0.2, 0) is 14.4 Å². The van der Waals surface area contributed by atoms with Gasteiger partial charge in [-0.2, -0.15) is 0 Å². The molecule has 3 amide bonds. The Labute approximate surface area is 131 Å². The van der Waals surface area contributed by atoms with Gasteiger partial charge < -0.3 is 16.0 Å². The molecule has 1 aromatic carbocycles. The molecule has 0 saturated carbocycles. The van der Waals surface area contributed by atoms with Crippen LogP contribution in [0.5, 0.6) is 0 Å². The first-order valence-electron chi connectivity index (χ1n) is 6.82. The van der Waals surface area contributed by atoms with Crippen LogP contribution in [0.2, 0.25) is 5.02 Å². The molecule has 1 aliphatic rings. The molecule has 0 aliphatic carbocycles. The molecule has 0 radical (unpaired) electrons. The van der Waals surface area contributed by atoms with Gasteiger partial charge >= 0.3 is 11.8 Å². The SMILES string of the molecule is O=C(Nc1ccc(Cl)c(F)c1)C(=O)NC1CCCCNC1=O. The average molecular weight is 328 g/mol. The summed E-state index contributed by atoms with van der Waals surface area (Å²) in [6.07, 6.45) is 2.07. The number of anilines is 1. The minimum Gasteiger partial charge on any atom is -0.354 e. The zero-order valence-corrected chi connectivity index (χ0v) is 12.4. The number of nitrogens with one attached hydrogen (secondary N) is 3. The summed E-state index contributed by atoms with van der Waals surface area (Å²) in [6, 6.07) is 2.91. The van der Waals surface area contributed by atoms with E-state index in [0.717, 1.165) is 18.9 Å². The summed E-state index contributed by atoms with van der Waals surface area (Å²) in [5.74, 6) is -2.93. The van der Waals surface area contributed by atoms with E-state index in [1.807, 2.05) is 0 Å². The van der Waals surface area contributed by atoms with Crippen LogP contribution in [0.3, 0.4) is 0 Å². The summed E-state index contributed by atoms with van der Waals surface area (Å²) in [5.41, 5.74) is 0.104. The second-order valence-electron chi connectivity index (χ2n) is 4.90. The number of halogens is 2. The van der Waals surface area contributed by atoms with Gasteiger partial charge in [-0.3, -0.25) is 14.4 Å². The van der Waals surface area contributed by atoms with Crippen LogP contribution in [0, 0.1) is 5.82 Å². The molecule has 118 valence electrons. The monoisotopic (exact) mass is 327 g/mol. The number of amides is 3. The minimum atomic E-state index is -0.973. The van der Waals surface area contributed by atoms with Crippen molar-refractivity contribution in [2.24, 2.45) is 0 Å². The molecule has 22 heavy (non-hydrogen) atoms. The van der Waals surface area contributed by atoms with Gasteiger partial charge in [-0.15, -0.1) is 0 Å². The van der Waals surface area contributed by atoms with E-state index in [9.17, 15) is 18.8 Å². The van der Waals surface area contributed by atoms with Gasteiger partial charge in [0.15, 0.2) is 0 Å². The first-order chi connectivity index (χ1) is 10.5. The lowest BCUT2D eigenvalue weighted by molar-refractivity contribution is -0.138. The summed E-state index contributed by atoms with van der Waals surface area (Å²) < 4.78 is 13.3. The van der Waals surface area contributed by atoms with Gasteiger partial charge in [0.05, 0.1) is 5.02 Å². The largest absolute Gasteiger partial charge is 0.354 e. The van der Waals surface area contributed by atoms with Gasteiger partial charge in [-0.05, 0) is 37.5 Å². The van der Waals surface area contributed by atoms with Crippen molar-refractivity contribution < 1.29 is 18.8 Å². The van der Waals surface area contributed by atoms with E-state index < -0.39 is 23.7 Å². The molecule has 6 nitrogen and oxygen atoms in total. The standard InChI is InChI=1S/C14H15ClFN3O3/c15-9-5-4-8(7-10(9)16)18-13(21)14(22)19-11-3-1-2-6-17-12(11)20/h4-5,7,11H,1-3,6H2,(H,17,20)(H,18,21)(H,19,22). The summed E-state index contributed by atoms with van der Waals surface area (Å²) in [6.45, 7) is 0.557.